The first kappa shape index (κ1) is 19.6. The van der Waals surface area contributed by atoms with Crippen LogP contribution < -0.4 is 5.32 Å². The minimum Gasteiger partial charge on any atom is -0.377 e. The second kappa shape index (κ2) is 12.3. The van der Waals surface area contributed by atoms with Crippen molar-refractivity contribution in [3.05, 3.63) is 0 Å². The van der Waals surface area contributed by atoms with Gasteiger partial charge in [-0.05, 0) is 12.8 Å². The SMILES string of the molecule is CCCCCCCC(=O)NCCC[Si](OC)(OC)OC. The van der Waals surface area contributed by atoms with Crippen LogP contribution in [0.2, 0.25) is 6.04 Å². The van der Waals surface area contributed by atoms with Gasteiger partial charge in [0, 0.05) is 40.3 Å². The molecule has 0 saturated carbocycles. The number of rotatable bonds is 13. The Bertz CT molecular complexity index is 239. The average Bonchev–Trinajstić information content (AvgIpc) is 2.48. The number of carbonyl (C=O) groups excluding carboxylic acids is 1. The smallest absolute Gasteiger partial charge is 0.377 e. The van der Waals surface area contributed by atoms with Gasteiger partial charge in [0.05, 0.1) is 0 Å². The lowest BCUT2D eigenvalue weighted by molar-refractivity contribution is -0.121. The lowest BCUT2D eigenvalue weighted by Crippen LogP contribution is -2.43. The third kappa shape index (κ3) is 8.68. The zero-order valence-electron chi connectivity index (χ0n) is 13.5. The Morgan fingerprint density at radius 3 is 2.10 bits per heavy atom. The number of carbonyl (C=O) groups is 1. The zero-order chi connectivity index (χ0) is 15.3. The molecule has 0 bridgehead atoms. The van der Waals surface area contributed by atoms with E-state index in [0.29, 0.717) is 19.0 Å². The van der Waals surface area contributed by atoms with Gasteiger partial charge in [-0.3, -0.25) is 4.79 Å². The summed E-state index contributed by atoms with van der Waals surface area (Å²) in [6, 6.07) is 0.716. The van der Waals surface area contributed by atoms with Crippen LogP contribution in [0.5, 0.6) is 0 Å². The summed E-state index contributed by atoms with van der Waals surface area (Å²) in [6.45, 7) is 2.84. The van der Waals surface area contributed by atoms with E-state index >= 15 is 0 Å². The van der Waals surface area contributed by atoms with Gasteiger partial charge in [-0.15, -0.1) is 0 Å². The lowest BCUT2D eigenvalue weighted by atomic mass is 10.1. The summed E-state index contributed by atoms with van der Waals surface area (Å²) in [7, 11) is 2.33. The molecule has 20 heavy (non-hydrogen) atoms. The molecule has 5 nitrogen and oxygen atoms in total. The monoisotopic (exact) mass is 305 g/mol. The molecule has 0 fully saturated rings. The van der Waals surface area contributed by atoms with Gasteiger partial charge in [0.15, 0.2) is 0 Å². The fraction of sp³-hybridized carbons (Fsp3) is 0.929. The van der Waals surface area contributed by atoms with Crippen LogP contribution in [0.4, 0.5) is 0 Å². The summed E-state index contributed by atoms with van der Waals surface area (Å²) < 4.78 is 16.0. The molecule has 0 saturated heterocycles. The lowest BCUT2D eigenvalue weighted by Gasteiger charge is -2.24. The van der Waals surface area contributed by atoms with Crippen molar-refractivity contribution in [2.75, 3.05) is 27.9 Å². The molecule has 6 heteroatoms. The minimum absolute atomic E-state index is 0.140. The molecule has 0 radical (unpaired) electrons. The second-order valence-electron chi connectivity index (χ2n) is 4.91. The maximum Gasteiger partial charge on any atom is 0.500 e. The van der Waals surface area contributed by atoms with E-state index in [9.17, 15) is 4.79 Å². The van der Waals surface area contributed by atoms with Crippen LogP contribution in [0.3, 0.4) is 0 Å². The molecule has 0 aromatic heterocycles. The summed E-state index contributed by atoms with van der Waals surface area (Å²) in [6.07, 6.45) is 7.30. The second-order valence-corrected chi connectivity index (χ2v) is 8.00. The molecule has 0 spiro atoms. The maximum absolute atomic E-state index is 11.6. The summed E-state index contributed by atoms with van der Waals surface area (Å²) in [5.74, 6) is 0.140. The molecule has 0 aromatic carbocycles. The summed E-state index contributed by atoms with van der Waals surface area (Å²) in [5, 5.41) is 2.94. The summed E-state index contributed by atoms with van der Waals surface area (Å²) in [5.41, 5.74) is 0. The third-order valence-corrected chi connectivity index (χ3v) is 6.25. The molecule has 0 atom stereocenters. The Morgan fingerprint density at radius 1 is 0.950 bits per heavy atom. The molecule has 0 aliphatic rings. The summed E-state index contributed by atoms with van der Waals surface area (Å²) in [4.78, 5) is 11.6. The van der Waals surface area contributed by atoms with Crippen LogP contribution in [0.1, 0.15) is 51.9 Å². The van der Waals surface area contributed by atoms with Gasteiger partial charge in [-0.2, -0.15) is 0 Å². The van der Waals surface area contributed by atoms with Crippen molar-refractivity contribution in [3.8, 4) is 0 Å². The Hall–Kier alpha value is -0.433. The van der Waals surface area contributed by atoms with Crippen LogP contribution in [-0.2, 0) is 18.1 Å². The molecule has 1 amide bonds. The quantitative estimate of drug-likeness (QED) is 0.420. The van der Waals surface area contributed by atoms with E-state index in [1.165, 1.54) is 19.3 Å². The highest BCUT2D eigenvalue weighted by Gasteiger charge is 2.36. The molecular weight excluding hydrogens is 274 g/mol. The normalized spacial score (nSPS) is 11.6. The maximum atomic E-state index is 11.6. The van der Waals surface area contributed by atoms with Crippen LogP contribution in [0, 0.1) is 0 Å². The fourth-order valence-electron chi connectivity index (χ4n) is 2.07. The van der Waals surface area contributed by atoms with Gasteiger partial charge >= 0.3 is 8.80 Å². The Kier molecular flexibility index (Phi) is 12.1. The van der Waals surface area contributed by atoms with E-state index in [0.717, 1.165) is 19.3 Å². The van der Waals surface area contributed by atoms with E-state index in [4.69, 9.17) is 13.3 Å². The van der Waals surface area contributed by atoms with Crippen molar-refractivity contribution >= 4 is 14.7 Å². The highest BCUT2D eigenvalue weighted by atomic mass is 28.4. The number of amides is 1. The van der Waals surface area contributed by atoms with Crippen LogP contribution in [-0.4, -0.2) is 42.6 Å². The third-order valence-electron chi connectivity index (χ3n) is 3.42. The van der Waals surface area contributed by atoms with E-state index in [-0.39, 0.29) is 5.91 Å². The highest BCUT2D eigenvalue weighted by Crippen LogP contribution is 2.14. The minimum atomic E-state index is -2.48. The van der Waals surface area contributed by atoms with Crippen molar-refractivity contribution in [1.82, 2.24) is 5.32 Å². The van der Waals surface area contributed by atoms with Crippen molar-refractivity contribution in [3.63, 3.8) is 0 Å². The first-order valence-corrected chi connectivity index (χ1v) is 9.49. The molecule has 120 valence electrons. The van der Waals surface area contributed by atoms with Gasteiger partial charge in [-0.1, -0.05) is 32.6 Å². The molecule has 0 heterocycles. The van der Waals surface area contributed by atoms with Crippen molar-refractivity contribution < 1.29 is 18.1 Å². The standard InChI is InChI=1S/C14H31NO4Si/c1-5-6-7-8-9-11-14(16)15-12-10-13-20(17-2,18-3)19-4/h5-13H2,1-4H3,(H,15,16). The fourth-order valence-corrected chi connectivity index (χ4v) is 3.79. The Balaban J connectivity index is 3.61. The molecule has 0 unspecified atom stereocenters. The van der Waals surface area contributed by atoms with Crippen molar-refractivity contribution in [2.45, 2.75) is 57.9 Å². The topological polar surface area (TPSA) is 56.8 Å². The molecular formula is C14H31NO4Si. The molecule has 0 aliphatic carbocycles. The van der Waals surface area contributed by atoms with E-state index in [1.807, 2.05) is 0 Å². The van der Waals surface area contributed by atoms with E-state index in [2.05, 4.69) is 12.2 Å². The molecule has 0 aliphatic heterocycles. The number of hydrogen-bond donors (Lipinski definition) is 1. The van der Waals surface area contributed by atoms with Crippen molar-refractivity contribution in [1.29, 1.82) is 0 Å². The van der Waals surface area contributed by atoms with Gasteiger partial charge in [0.1, 0.15) is 0 Å². The van der Waals surface area contributed by atoms with Gasteiger partial charge < -0.3 is 18.6 Å². The first-order valence-electron chi connectivity index (χ1n) is 7.56. The number of nitrogens with one attached hydrogen (secondary N) is 1. The molecule has 0 rings (SSSR count). The largest absolute Gasteiger partial charge is 0.500 e. The van der Waals surface area contributed by atoms with E-state index in [1.54, 1.807) is 21.3 Å². The average molecular weight is 305 g/mol. The van der Waals surface area contributed by atoms with Gasteiger partial charge in [0.25, 0.3) is 0 Å². The first-order chi connectivity index (χ1) is 9.64. The molecule has 1 N–H and O–H groups in total. The van der Waals surface area contributed by atoms with Crippen molar-refractivity contribution in [2.24, 2.45) is 0 Å². The predicted octanol–water partition coefficient (Wildman–Crippen LogP) is 2.73. The number of hydrogen-bond acceptors (Lipinski definition) is 4. The summed E-state index contributed by atoms with van der Waals surface area (Å²) >= 11 is 0. The predicted molar refractivity (Wildman–Crippen MR) is 82.6 cm³/mol. The van der Waals surface area contributed by atoms with Gasteiger partial charge in [-0.25, -0.2) is 0 Å². The Labute approximate surface area is 124 Å². The van der Waals surface area contributed by atoms with Crippen LogP contribution in [0.25, 0.3) is 0 Å². The van der Waals surface area contributed by atoms with E-state index < -0.39 is 8.80 Å². The van der Waals surface area contributed by atoms with Gasteiger partial charge in [0.2, 0.25) is 5.91 Å². The number of unbranched alkanes of at least 4 members (excludes halogenated alkanes) is 4. The van der Waals surface area contributed by atoms with Crippen LogP contribution >= 0.6 is 0 Å². The Morgan fingerprint density at radius 2 is 1.55 bits per heavy atom. The van der Waals surface area contributed by atoms with Crippen LogP contribution in [0.15, 0.2) is 0 Å². The molecule has 0 aromatic rings. The highest BCUT2D eigenvalue weighted by molar-refractivity contribution is 6.60. The zero-order valence-corrected chi connectivity index (χ0v) is 14.5.